The predicted molar refractivity (Wildman–Crippen MR) is 98.4 cm³/mol. The van der Waals surface area contributed by atoms with Gasteiger partial charge in [-0.25, -0.2) is 4.79 Å². The van der Waals surface area contributed by atoms with E-state index in [1.165, 1.54) is 64.8 Å². The van der Waals surface area contributed by atoms with Crippen molar-refractivity contribution in [3.63, 3.8) is 0 Å². The fourth-order valence-electron chi connectivity index (χ4n) is 6.47. The Hall–Kier alpha value is -0.810. The zero-order valence-electron chi connectivity index (χ0n) is 15.7. The van der Waals surface area contributed by atoms with Crippen molar-refractivity contribution in [3.8, 4) is 0 Å². The van der Waals surface area contributed by atoms with Crippen molar-refractivity contribution in [2.24, 2.45) is 29.6 Å². The summed E-state index contributed by atoms with van der Waals surface area (Å²) in [5, 5.41) is 3.40. The quantitative estimate of drug-likeness (QED) is 0.845. The summed E-state index contributed by atoms with van der Waals surface area (Å²) in [6.45, 7) is 7.98. The third kappa shape index (κ3) is 3.08. The van der Waals surface area contributed by atoms with Crippen LogP contribution < -0.4 is 5.32 Å². The van der Waals surface area contributed by atoms with Gasteiger partial charge in [-0.2, -0.15) is 0 Å². The average molecular weight is 347 g/mol. The molecule has 2 bridgehead atoms. The van der Waals surface area contributed by atoms with Gasteiger partial charge in [-0.15, -0.1) is 0 Å². The fourth-order valence-corrected chi connectivity index (χ4v) is 6.47. The van der Waals surface area contributed by atoms with E-state index in [1.807, 2.05) is 0 Å². The van der Waals surface area contributed by atoms with Gasteiger partial charge >= 0.3 is 6.03 Å². The predicted octanol–water partition coefficient (Wildman–Crippen LogP) is 1.70. The molecule has 0 aromatic rings. The normalized spacial score (nSPS) is 41.8. The average Bonchev–Trinajstić information content (AvgIpc) is 3.00. The van der Waals surface area contributed by atoms with Gasteiger partial charge in [0.05, 0.1) is 0 Å². The number of fused-ring (bicyclic) bond motifs is 5. The number of piperazine rings is 1. The lowest BCUT2D eigenvalue weighted by Crippen LogP contribution is -2.49. The summed E-state index contributed by atoms with van der Waals surface area (Å²) in [6, 6.07) is 0.763. The van der Waals surface area contributed by atoms with Crippen molar-refractivity contribution >= 4 is 6.03 Å². The molecule has 25 heavy (non-hydrogen) atoms. The minimum Gasteiger partial charge on any atom is -0.335 e. The number of rotatable bonds is 3. The molecule has 3 aliphatic carbocycles. The molecule has 140 valence electrons. The number of amides is 2. The summed E-state index contributed by atoms with van der Waals surface area (Å²) in [5.74, 6) is 4.35. The van der Waals surface area contributed by atoms with E-state index in [-0.39, 0.29) is 6.03 Å². The van der Waals surface area contributed by atoms with E-state index in [1.54, 1.807) is 0 Å². The number of hydrogen-bond donors (Lipinski definition) is 1. The smallest absolute Gasteiger partial charge is 0.317 e. The van der Waals surface area contributed by atoms with E-state index in [0.717, 1.165) is 42.7 Å². The van der Waals surface area contributed by atoms with Crippen LogP contribution in [-0.4, -0.2) is 79.6 Å². The monoisotopic (exact) mass is 346 g/mol. The molecule has 0 aromatic heterocycles. The number of carbonyl (C=O) groups is 1. The molecule has 2 aliphatic heterocycles. The molecule has 1 N–H and O–H groups in total. The van der Waals surface area contributed by atoms with Gasteiger partial charge in [0, 0.05) is 51.9 Å². The third-order valence-corrected chi connectivity index (χ3v) is 8.04. The van der Waals surface area contributed by atoms with E-state index in [9.17, 15) is 4.79 Å². The van der Waals surface area contributed by atoms with Crippen molar-refractivity contribution in [3.05, 3.63) is 0 Å². The molecule has 2 heterocycles. The van der Waals surface area contributed by atoms with Gasteiger partial charge in [-0.3, -0.25) is 0 Å². The van der Waals surface area contributed by atoms with E-state index in [4.69, 9.17) is 0 Å². The Bertz CT molecular complexity index is 494. The highest BCUT2D eigenvalue weighted by atomic mass is 16.2. The van der Waals surface area contributed by atoms with Crippen LogP contribution in [0, 0.1) is 29.6 Å². The number of piperidine rings is 1. The van der Waals surface area contributed by atoms with Gasteiger partial charge in [0.1, 0.15) is 0 Å². The van der Waals surface area contributed by atoms with Crippen LogP contribution in [0.1, 0.15) is 32.1 Å². The molecule has 5 aliphatic rings. The highest BCUT2D eigenvalue weighted by Crippen LogP contribution is 2.65. The number of urea groups is 1. The zero-order valence-corrected chi connectivity index (χ0v) is 15.7. The van der Waals surface area contributed by atoms with Crippen LogP contribution in [0.4, 0.5) is 4.79 Å². The van der Waals surface area contributed by atoms with Gasteiger partial charge in [0.25, 0.3) is 0 Å². The summed E-state index contributed by atoms with van der Waals surface area (Å²) in [4.78, 5) is 19.8. The molecule has 0 spiro atoms. The number of likely N-dealkylation sites (tertiary alicyclic amines) is 1. The lowest BCUT2D eigenvalue weighted by Gasteiger charge is -2.38. The minimum atomic E-state index is 0.233. The second-order valence-corrected chi connectivity index (χ2v) is 9.50. The Morgan fingerprint density at radius 3 is 2.20 bits per heavy atom. The third-order valence-electron chi connectivity index (χ3n) is 8.04. The number of nitrogens with one attached hydrogen (secondary N) is 1. The molecule has 2 saturated heterocycles. The fraction of sp³-hybridized carbons (Fsp3) is 0.950. The van der Waals surface area contributed by atoms with Crippen molar-refractivity contribution < 1.29 is 4.79 Å². The number of hydrogen-bond acceptors (Lipinski definition) is 3. The summed E-state index contributed by atoms with van der Waals surface area (Å²) < 4.78 is 0. The van der Waals surface area contributed by atoms with Crippen LogP contribution in [-0.2, 0) is 0 Å². The van der Waals surface area contributed by atoms with Crippen LogP contribution in [0.2, 0.25) is 0 Å². The van der Waals surface area contributed by atoms with Crippen molar-refractivity contribution in [2.45, 2.75) is 38.1 Å². The van der Waals surface area contributed by atoms with Gasteiger partial charge in [0.2, 0.25) is 0 Å². The van der Waals surface area contributed by atoms with Crippen LogP contribution in [0.15, 0.2) is 0 Å². The van der Waals surface area contributed by atoms with Gasteiger partial charge in [0.15, 0.2) is 0 Å². The Kier molecular flexibility index (Phi) is 4.20. The van der Waals surface area contributed by atoms with Crippen molar-refractivity contribution in [1.82, 2.24) is 20.0 Å². The zero-order chi connectivity index (χ0) is 17.0. The summed E-state index contributed by atoms with van der Waals surface area (Å²) in [7, 11) is 2.22. The van der Waals surface area contributed by atoms with Gasteiger partial charge < -0.3 is 20.0 Å². The lowest BCUT2D eigenvalue weighted by atomic mass is 9.96. The largest absolute Gasteiger partial charge is 0.335 e. The highest BCUT2D eigenvalue weighted by molar-refractivity contribution is 5.75. The van der Waals surface area contributed by atoms with E-state index < -0.39 is 0 Å². The van der Waals surface area contributed by atoms with Crippen LogP contribution in [0.25, 0.3) is 0 Å². The lowest BCUT2D eigenvalue weighted by molar-refractivity contribution is 0.110. The highest BCUT2D eigenvalue weighted by Gasteiger charge is 2.65. The Morgan fingerprint density at radius 2 is 1.56 bits per heavy atom. The molecular weight excluding hydrogens is 312 g/mol. The Morgan fingerprint density at radius 1 is 0.920 bits per heavy atom. The molecule has 1 unspecified atom stereocenters. The first-order chi connectivity index (χ1) is 12.2. The second-order valence-electron chi connectivity index (χ2n) is 9.50. The number of carbonyl (C=O) groups excluding carboxylic acids is 1. The van der Waals surface area contributed by atoms with Crippen molar-refractivity contribution in [2.75, 3.05) is 52.9 Å². The van der Waals surface area contributed by atoms with Crippen LogP contribution in [0.5, 0.6) is 0 Å². The molecule has 5 rings (SSSR count). The van der Waals surface area contributed by atoms with E-state index >= 15 is 0 Å². The topological polar surface area (TPSA) is 38.8 Å². The molecule has 0 radical (unpaired) electrons. The molecular formula is C20H34N4O. The molecule has 3 saturated carbocycles. The molecule has 2 amide bonds. The van der Waals surface area contributed by atoms with Crippen LogP contribution in [0.3, 0.4) is 0 Å². The molecule has 5 heteroatoms. The molecule has 0 aromatic carbocycles. The van der Waals surface area contributed by atoms with E-state index in [2.05, 4.69) is 27.1 Å². The number of likely N-dealkylation sites (N-methyl/N-ethyl adjacent to an activating group) is 1. The number of nitrogens with zero attached hydrogens (tertiary/aromatic N) is 3. The van der Waals surface area contributed by atoms with Crippen molar-refractivity contribution in [1.29, 1.82) is 0 Å². The first-order valence-corrected chi connectivity index (χ1v) is 10.7. The molecule has 5 nitrogen and oxygen atoms in total. The van der Waals surface area contributed by atoms with Gasteiger partial charge in [-0.05, 0) is 68.7 Å². The first-order valence-electron chi connectivity index (χ1n) is 10.7. The second kappa shape index (κ2) is 6.41. The molecule has 5 atom stereocenters. The Balaban J connectivity index is 1.05. The summed E-state index contributed by atoms with van der Waals surface area (Å²) in [6.07, 6.45) is 6.68. The molecule has 5 fully saturated rings. The van der Waals surface area contributed by atoms with E-state index in [0.29, 0.717) is 6.04 Å². The maximum Gasteiger partial charge on any atom is 0.317 e. The maximum atomic E-state index is 12.6. The standard InChI is InChI=1S/C20H34N4O/c1-22-8-10-23(11-9-22)13-14-4-6-24(7-5-14)20(25)21-19-17-15-2-3-16(12-15)18(17)19/h14-19H,2-13H2,1H3,(H,21,25)/t15-,16-,17-,18+,19?/m0/s1. The van der Waals surface area contributed by atoms with Crippen LogP contribution >= 0.6 is 0 Å². The minimum absolute atomic E-state index is 0.233. The summed E-state index contributed by atoms with van der Waals surface area (Å²) >= 11 is 0. The first kappa shape index (κ1) is 16.4. The SMILES string of the molecule is CN1CCN(CC2CCN(C(=O)NC3[C@@H]4[C@H]5CC[C@@H](C5)[C@H]34)CC2)CC1. The maximum absolute atomic E-state index is 12.6. The summed E-state index contributed by atoms with van der Waals surface area (Å²) in [5.41, 5.74) is 0. The Labute approximate surface area is 152 Å². The van der Waals surface area contributed by atoms with Gasteiger partial charge in [-0.1, -0.05) is 0 Å².